The van der Waals surface area contributed by atoms with Gasteiger partial charge in [0, 0.05) is 6.20 Å². The van der Waals surface area contributed by atoms with Crippen LogP contribution in [0.1, 0.15) is 17.4 Å². The second-order valence-corrected chi connectivity index (χ2v) is 3.05. The van der Waals surface area contributed by atoms with Gasteiger partial charge in [0.2, 0.25) is 0 Å². The monoisotopic (exact) mass is 204 g/mol. The first-order valence-electron chi connectivity index (χ1n) is 4.48. The van der Waals surface area contributed by atoms with E-state index < -0.39 is 12.2 Å². The molecule has 0 fully saturated rings. The van der Waals surface area contributed by atoms with E-state index in [4.69, 9.17) is 5.11 Å². The lowest BCUT2D eigenvalue weighted by atomic mass is 10.1. The van der Waals surface area contributed by atoms with Crippen molar-refractivity contribution in [1.29, 1.82) is 0 Å². The van der Waals surface area contributed by atoms with Crippen molar-refractivity contribution < 1.29 is 9.50 Å². The number of alkyl halides is 1. The van der Waals surface area contributed by atoms with E-state index in [0.29, 0.717) is 5.56 Å². The highest BCUT2D eigenvalue weighted by molar-refractivity contribution is 5.25. The summed E-state index contributed by atoms with van der Waals surface area (Å²) in [5, 5.41) is 9.02. The molecule has 0 spiro atoms. The Balaban J connectivity index is 2.32. The normalized spacial score (nSPS) is 12.3. The Labute approximate surface area is 86.3 Å². The standard InChI is InChI=1S/C11H9FN2O/c12-10(8-4-2-1-3-5-8)9-6-7-13-11(15)14-9/h1-7,10H,(H,13,14,15). The lowest BCUT2D eigenvalue weighted by Gasteiger charge is -2.07. The number of benzene rings is 1. The van der Waals surface area contributed by atoms with Gasteiger partial charge in [-0.25, -0.2) is 9.37 Å². The second kappa shape index (κ2) is 4.04. The van der Waals surface area contributed by atoms with E-state index in [1.165, 1.54) is 12.3 Å². The summed E-state index contributed by atoms with van der Waals surface area (Å²) < 4.78 is 13.8. The lowest BCUT2D eigenvalue weighted by Crippen LogP contribution is -1.97. The Kier molecular flexibility index (Phi) is 2.58. The second-order valence-electron chi connectivity index (χ2n) is 3.05. The molecule has 0 bridgehead atoms. The summed E-state index contributed by atoms with van der Waals surface area (Å²) in [6.07, 6.45) is -0.00667. The highest BCUT2D eigenvalue weighted by Crippen LogP contribution is 2.24. The van der Waals surface area contributed by atoms with Crippen LogP contribution in [0, 0.1) is 0 Å². The fourth-order valence-electron chi connectivity index (χ4n) is 1.30. The van der Waals surface area contributed by atoms with Crippen LogP contribution >= 0.6 is 0 Å². The van der Waals surface area contributed by atoms with E-state index in [9.17, 15) is 4.39 Å². The predicted molar refractivity (Wildman–Crippen MR) is 53.1 cm³/mol. The Morgan fingerprint density at radius 3 is 2.53 bits per heavy atom. The van der Waals surface area contributed by atoms with Crippen LogP contribution in [-0.2, 0) is 0 Å². The first kappa shape index (κ1) is 9.58. The SMILES string of the molecule is Oc1nccc(C(F)c2ccccc2)n1. The van der Waals surface area contributed by atoms with E-state index in [-0.39, 0.29) is 5.69 Å². The molecule has 0 saturated carbocycles. The highest BCUT2D eigenvalue weighted by Gasteiger charge is 2.14. The molecule has 1 aromatic heterocycles. The molecule has 0 radical (unpaired) electrons. The minimum Gasteiger partial charge on any atom is -0.479 e. The smallest absolute Gasteiger partial charge is 0.314 e. The molecule has 1 aromatic carbocycles. The van der Waals surface area contributed by atoms with Gasteiger partial charge in [0.05, 0.1) is 5.69 Å². The van der Waals surface area contributed by atoms with Crippen LogP contribution < -0.4 is 0 Å². The fraction of sp³-hybridized carbons (Fsp3) is 0.0909. The summed E-state index contributed by atoms with van der Waals surface area (Å²) in [6, 6.07) is 9.69. The third-order valence-corrected chi connectivity index (χ3v) is 2.02. The van der Waals surface area contributed by atoms with Crippen molar-refractivity contribution >= 4 is 0 Å². The molecule has 1 heterocycles. The van der Waals surface area contributed by atoms with E-state index in [1.54, 1.807) is 24.3 Å². The van der Waals surface area contributed by atoms with Gasteiger partial charge in [0.15, 0.2) is 6.17 Å². The first-order chi connectivity index (χ1) is 7.27. The predicted octanol–water partition coefficient (Wildman–Crippen LogP) is 2.24. The van der Waals surface area contributed by atoms with Gasteiger partial charge < -0.3 is 5.11 Å². The zero-order valence-electron chi connectivity index (χ0n) is 7.84. The molecule has 3 nitrogen and oxygen atoms in total. The van der Waals surface area contributed by atoms with Crippen LogP contribution in [0.3, 0.4) is 0 Å². The average Bonchev–Trinajstić information content (AvgIpc) is 2.29. The van der Waals surface area contributed by atoms with Crippen molar-refractivity contribution in [1.82, 2.24) is 9.97 Å². The minimum absolute atomic E-state index is 0.161. The van der Waals surface area contributed by atoms with Crippen LogP contribution in [-0.4, -0.2) is 15.1 Å². The molecule has 1 unspecified atom stereocenters. The molecule has 0 aliphatic heterocycles. The summed E-state index contributed by atoms with van der Waals surface area (Å²) >= 11 is 0. The highest BCUT2D eigenvalue weighted by atomic mass is 19.1. The first-order valence-corrected chi connectivity index (χ1v) is 4.48. The van der Waals surface area contributed by atoms with Crippen LogP contribution in [0.15, 0.2) is 42.6 Å². The summed E-state index contributed by atoms with van der Waals surface area (Å²) in [5.74, 6) is 0. The molecular formula is C11H9FN2O. The Morgan fingerprint density at radius 2 is 1.87 bits per heavy atom. The lowest BCUT2D eigenvalue weighted by molar-refractivity contribution is 0.377. The van der Waals surface area contributed by atoms with Crippen LogP contribution in [0.5, 0.6) is 6.01 Å². The van der Waals surface area contributed by atoms with Crippen molar-refractivity contribution in [3.63, 3.8) is 0 Å². The topological polar surface area (TPSA) is 46.0 Å². The molecule has 2 rings (SSSR count). The third kappa shape index (κ3) is 2.10. The maximum atomic E-state index is 13.8. The number of hydrogen-bond donors (Lipinski definition) is 1. The van der Waals surface area contributed by atoms with Gasteiger partial charge in [-0.15, -0.1) is 0 Å². The maximum absolute atomic E-state index is 13.8. The quantitative estimate of drug-likeness (QED) is 0.815. The average molecular weight is 204 g/mol. The van der Waals surface area contributed by atoms with Crippen LogP contribution in [0.25, 0.3) is 0 Å². The Morgan fingerprint density at radius 1 is 1.13 bits per heavy atom. The summed E-state index contributed by atoms with van der Waals surface area (Å²) in [6.45, 7) is 0. The number of hydrogen-bond acceptors (Lipinski definition) is 3. The zero-order chi connectivity index (χ0) is 10.7. The van der Waals surface area contributed by atoms with Gasteiger partial charge in [-0.05, 0) is 11.6 Å². The van der Waals surface area contributed by atoms with Crippen molar-refractivity contribution in [2.45, 2.75) is 6.17 Å². The number of aromatic hydroxyl groups is 1. The summed E-state index contributed by atoms with van der Waals surface area (Å²) in [7, 11) is 0. The van der Waals surface area contributed by atoms with Crippen molar-refractivity contribution in [3.8, 4) is 6.01 Å². The van der Waals surface area contributed by atoms with Gasteiger partial charge in [-0.1, -0.05) is 30.3 Å². The molecule has 15 heavy (non-hydrogen) atoms. The number of rotatable bonds is 2. The largest absolute Gasteiger partial charge is 0.479 e. The van der Waals surface area contributed by atoms with Gasteiger partial charge in [0.1, 0.15) is 0 Å². The van der Waals surface area contributed by atoms with Crippen molar-refractivity contribution in [2.75, 3.05) is 0 Å². The molecule has 0 aliphatic rings. The molecule has 2 aromatic rings. The summed E-state index contributed by atoms with van der Waals surface area (Å²) in [4.78, 5) is 7.11. The number of aromatic nitrogens is 2. The maximum Gasteiger partial charge on any atom is 0.314 e. The third-order valence-electron chi connectivity index (χ3n) is 2.02. The summed E-state index contributed by atoms with van der Waals surface area (Å²) in [5.41, 5.74) is 0.671. The van der Waals surface area contributed by atoms with Gasteiger partial charge in [-0.3, -0.25) is 0 Å². The van der Waals surface area contributed by atoms with Crippen molar-refractivity contribution in [3.05, 3.63) is 53.9 Å². The zero-order valence-corrected chi connectivity index (χ0v) is 7.84. The molecule has 76 valence electrons. The molecule has 0 aliphatic carbocycles. The van der Waals surface area contributed by atoms with Crippen LogP contribution in [0.4, 0.5) is 4.39 Å². The van der Waals surface area contributed by atoms with E-state index in [1.807, 2.05) is 6.07 Å². The molecule has 0 saturated heterocycles. The Hall–Kier alpha value is -1.97. The molecular weight excluding hydrogens is 195 g/mol. The minimum atomic E-state index is -1.33. The van der Waals surface area contributed by atoms with Gasteiger partial charge in [-0.2, -0.15) is 4.98 Å². The molecule has 1 N–H and O–H groups in total. The Bertz CT molecular complexity index is 447. The number of nitrogens with zero attached hydrogens (tertiary/aromatic N) is 2. The van der Waals surface area contributed by atoms with E-state index in [0.717, 1.165) is 0 Å². The van der Waals surface area contributed by atoms with E-state index >= 15 is 0 Å². The molecule has 4 heteroatoms. The van der Waals surface area contributed by atoms with Crippen molar-refractivity contribution in [2.24, 2.45) is 0 Å². The van der Waals surface area contributed by atoms with E-state index in [2.05, 4.69) is 9.97 Å². The molecule has 0 amide bonds. The van der Waals surface area contributed by atoms with Crippen LogP contribution in [0.2, 0.25) is 0 Å². The molecule has 1 atom stereocenters. The fourth-order valence-corrected chi connectivity index (χ4v) is 1.30. The van der Waals surface area contributed by atoms with Gasteiger partial charge in [0.25, 0.3) is 0 Å². The number of halogens is 1. The van der Waals surface area contributed by atoms with Gasteiger partial charge >= 0.3 is 6.01 Å².